The molecule has 4 aromatic rings. The van der Waals surface area contributed by atoms with Crippen LogP contribution in [0.3, 0.4) is 0 Å². The molecule has 0 unspecified atom stereocenters. The molecule has 31 heavy (non-hydrogen) atoms. The van der Waals surface area contributed by atoms with Crippen molar-refractivity contribution in [1.29, 1.82) is 0 Å². The number of ether oxygens (including phenoxy) is 1. The summed E-state index contributed by atoms with van der Waals surface area (Å²) in [6.07, 6.45) is 0. The normalized spacial score (nSPS) is 10.8. The van der Waals surface area contributed by atoms with Gasteiger partial charge < -0.3 is 4.74 Å². The molecule has 0 bridgehead atoms. The van der Waals surface area contributed by atoms with Gasteiger partial charge in [-0.3, -0.25) is 4.79 Å². The molecular formula is C26H20BrNO3. The van der Waals surface area contributed by atoms with E-state index in [-0.39, 0.29) is 12.4 Å². The van der Waals surface area contributed by atoms with E-state index in [1.807, 2.05) is 62.4 Å². The second-order valence-electron chi connectivity index (χ2n) is 7.35. The van der Waals surface area contributed by atoms with Crippen molar-refractivity contribution >= 4 is 38.6 Å². The fraction of sp³-hybridized carbons (Fsp3) is 0.115. The van der Waals surface area contributed by atoms with Crippen LogP contribution < -0.4 is 0 Å². The van der Waals surface area contributed by atoms with Gasteiger partial charge in [0.2, 0.25) is 0 Å². The maximum Gasteiger partial charge on any atom is 0.339 e. The van der Waals surface area contributed by atoms with Gasteiger partial charge in [-0.15, -0.1) is 0 Å². The number of ketones is 1. The van der Waals surface area contributed by atoms with Crippen LogP contribution >= 0.6 is 15.9 Å². The van der Waals surface area contributed by atoms with E-state index in [9.17, 15) is 9.59 Å². The van der Waals surface area contributed by atoms with Crippen LogP contribution in [-0.2, 0) is 4.74 Å². The maximum atomic E-state index is 13.1. The van der Waals surface area contributed by atoms with E-state index in [1.54, 1.807) is 24.3 Å². The number of halogens is 1. The van der Waals surface area contributed by atoms with Crippen molar-refractivity contribution in [1.82, 2.24) is 4.98 Å². The van der Waals surface area contributed by atoms with Gasteiger partial charge in [0.25, 0.3) is 0 Å². The second-order valence-corrected chi connectivity index (χ2v) is 8.27. The molecule has 5 heteroatoms. The molecule has 0 spiro atoms. The highest BCUT2D eigenvalue weighted by Gasteiger charge is 2.21. The van der Waals surface area contributed by atoms with E-state index in [0.717, 1.165) is 21.3 Å². The fourth-order valence-corrected chi connectivity index (χ4v) is 3.86. The quantitative estimate of drug-likeness (QED) is 0.251. The first-order valence-corrected chi connectivity index (χ1v) is 10.7. The Morgan fingerprint density at radius 3 is 2.35 bits per heavy atom. The lowest BCUT2D eigenvalue weighted by Crippen LogP contribution is -2.16. The molecule has 0 aliphatic carbocycles. The zero-order chi connectivity index (χ0) is 22.0. The van der Waals surface area contributed by atoms with Gasteiger partial charge in [-0.2, -0.15) is 0 Å². The third-order valence-corrected chi connectivity index (χ3v) is 5.64. The highest BCUT2D eigenvalue weighted by atomic mass is 79.9. The molecule has 3 aromatic carbocycles. The van der Waals surface area contributed by atoms with Crippen LogP contribution in [0.1, 0.15) is 31.8 Å². The number of carbonyl (C=O) groups excluding carboxylic acids is 2. The van der Waals surface area contributed by atoms with E-state index < -0.39 is 5.97 Å². The summed E-state index contributed by atoms with van der Waals surface area (Å²) >= 11 is 3.47. The van der Waals surface area contributed by atoms with Crippen LogP contribution in [0.5, 0.6) is 0 Å². The highest BCUT2D eigenvalue weighted by molar-refractivity contribution is 9.10. The molecule has 0 amide bonds. The third-order valence-electron chi connectivity index (χ3n) is 5.15. The Morgan fingerprint density at radius 1 is 0.935 bits per heavy atom. The molecule has 0 atom stereocenters. The van der Waals surface area contributed by atoms with Crippen LogP contribution in [0.2, 0.25) is 0 Å². The van der Waals surface area contributed by atoms with Crippen LogP contribution in [0.4, 0.5) is 0 Å². The van der Waals surface area contributed by atoms with Crippen LogP contribution in [-0.4, -0.2) is 23.3 Å². The van der Waals surface area contributed by atoms with E-state index in [1.165, 1.54) is 0 Å². The smallest absolute Gasteiger partial charge is 0.339 e. The molecule has 1 aromatic heterocycles. The topological polar surface area (TPSA) is 56.3 Å². The average molecular weight is 474 g/mol. The number of pyridine rings is 1. The number of rotatable bonds is 5. The predicted octanol–water partition coefficient (Wildman–Crippen LogP) is 6.32. The maximum absolute atomic E-state index is 13.1. The zero-order valence-corrected chi connectivity index (χ0v) is 18.8. The predicted molar refractivity (Wildman–Crippen MR) is 125 cm³/mol. The van der Waals surface area contributed by atoms with E-state index in [0.29, 0.717) is 27.6 Å². The Bertz CT molecular complexity index is 1280. The fourth-order valence-electron chi connectivity index (χ4n) is 3.50. The van der Waals surface area contributed by atoms with Gasteiger partial charge >= 0.3 is 5.97 Å². The number of hydrogen-bond donors (Lipinski definition) is 0. The number of carbonyl (C=O) groups is 2. The lowest BCUT2D eigenvalue weighted by molar-refractivity contribution is 0.0476. The summed E-state index contributed by atoms with van der Waals surface area (Å²) in [7, 11) is 0. The summed E-state index contributed by atoms with van der Waals surface area (Å²) in [6, 6.07) is 22.4. The molecule has 0 saturated heterocycles. The first-order valence-electron chi connectivity index (χ1n) is 9.86. The van der Waals surface area contributed by atoms with Crippen molar-refractivity contribution in [3.05, 3.63) is 99.5 Å². The highest BCUT2D eigenvalue weighted by Crippen LogP contribution is 2.32. The lowest BCUT2D eigenvalue weighted by atomic mass is 9.97. The Hall–Kier alpha value is -3.31. The Balaban J connectivity index is 1.75. The molecule has 4 rings (SSSR count). The average Bonchev–Trinajstić information content (AvgIpc) is 2.78. The van der Waals surface area contributed by atoms with E-state index in [4.69, 9.17) is 9.72 Å². The second kappa shape index (κ2) is 8.82. The summed E-state index contributed by atoms with van der Waals surface area (Å²) < 4.78 is 6.28. The summed E-state index contributed by atoms with van der Waals surface area (Å²) in [5, 5.41) is 0.680. The number of Topliss-reactive ketones (excluding diaryl/α,β-unsaturated/α-hetero) is 1. The van der Waals surface area contributed by atoms with Crippen molar-refractivity contribution in [2.45, 2.75) is 13.8 Å². The van der Waals surface area contributed by atoms with Crippen molar-refractivity contribution in [2.75, 3.05) is 6.61 Å². The van der Waals surface area contributed by atoms with E-state index in [2.05, 4.69) is 15.9 Å². The Kier molecular flexibility index (Phi) is 5.96. The number of aryl methyl sites for hydroxylation is 1. The molecular weight excluding hydrogens is 454 g/mol. The lowest BCUT2D eigenvalue weighted by Gasteiger charge is -2.14. The Morgan fingerprint density at radius 2 is 1.65 bits per heavy atom. The first-order chi connectivity index (χ1) is 14.9. The largest absolute Gasteiger partial charge is 0.454 e. The summed E-state index contributed by atoms with van der Waals surface area (Å²) in [5.74, 6) is -0.787. The molecule has 0 aliphatic heterocycles. The van der Waals surface area contributed by atoms with Crippen molar-refractivity contribution in [3.63, 3.8) is 0 Å². The molecule has 0 fully saturated rings. The molecule has 0 aliphatic rings. The number of nitrogens with zero attached hydrogens (tertiary/aromatic N) is 1. The van der Waals surface area contributed by atoms with Crippen molar-refractivity contribution < 1.29 is 14.3 Å². The summed E-state index contributed by atoms with van der Waals surface area (Å²) in [4.78, 5) is 30.4. The zero-order valence-electron chi connectivity index (χ0n) is 17.2. The van der Waals surface area contributed by atoms with Crippen LogP contribution in [0.15, 0.2) is 77.3 Å². The standard InChI is InChI=1S/C26H20BrNO3/c1-16-8-10-19(11-9-16)25-17(2)24(21-14-20(27)12-13-22(21)28-25)26(30)31-15-23(29)18-6-4-3-5-7-18/h3-14H,15H2,1-2H3. The van der Waals surface area contributed by atoms with Crippen molar-refractivity contribution in [3.8, 4) is 11.3 Å². The van der Waals surface area contributed by atoms with E-state index >= 15 is 0 Å². The molecule has 154 valence electrons. The third kappa shape index (κ3) is 4.42. The molecule has 0 radical (unpaired) electrons. The minimum absolute atomic E-state index is 0.245. The molecule has 1 heterocycles. The van der Waals surface area contributed by atoms with Gasteiger partial charge in [-0.05, 0) is 37.6 Å². The number of benzene rings is 3. The molecule has 0 saturated carbocycles. The Labute approximate surface area is 189 Å². The van der Waals surface area contributed by atoms with Gasteiger partial charge in [0.1, 0.15) is 0 Å². The van der Waals surface area contributed by atoms with Gasteiger partial charge in [0, 0.05) is 21.0 Å². The SMILES string of the molecule is Cc1ccc(-c2nc3ccc(Br)cc3c(C(=O)OCC(=O)c3ccccc3)c2C)cc1. The number of aromatic nitrogens is 1. The molecule has 0 N–H and O–H groups in total. The monoisotopic (exact) mass is 473 g/mol. The number of hydrogen-bond acceptors (Lipinski definition) is 4. The minimum atomic E-state index is -0.541. The van der Waals surface area contributed by atoms with Crippen molar-refractivity contribution in [2.24, 2.45) is 0 Å². The van der Waals surface area contributed by atoms with Crippen LogP contribution in [0.25, 0.3) is 22.2 Å². The first kappa shape index (κ1) is 20.9. The van der Waals surface area contributed by atoms with Gasteiger partial charge in [0.15, 0.2) is 12.4 Å². The molecule has 4 nitrogen and oxygen atoms in total. The summed E-state index contributed by atoms with van der Waals surface area (Å²) in [5.41, 5.74) is 5.11. The van der Waals surface area contributed by atoms with Gasteiger partial charge in [0.05, 0.1) is 16.8 Å². The van der Waals surface area contributed by atoms with Gasteiger partial charge in [-0.25, -0.2) is 9.78 Å². The number of esters is 1. The number of fused-ring (bicyclic) bond motifs is 1. The summed E-state index contributed by atoms with van der Waals surface area (Å²) in [6.45, 7) is 3.56. The van der Waals surface area contributed by atoms with Gasteiger partial charge in [-0.1, -0.05) is 76.1 Å². The van der Waals surface area contributed by atoms with Crippen LogP contribution in [0, 0.1) is 13.8 Å². The minimum Gasteiger partial charge on any atom is -0.454 e.